The van der Waals surface area contributed by atoms with Crippen LogP contribution in [-0.4, -0.2) is 45.6 Å². The second-order valence-electron chi connectivity index (χ2n) is 7.24. The highest BCUT2D eigenvalue weighted by Gasteiger charge is 2.55. The van der Waals surface area contributed by atoms with Gasteiger partial charge in [0.1, 0.15) is 12.2 Å². The van der Waals surface area contributed by atoms with Crippen LogP contribution in [-0.2, 0) is 18.9 Å². The lowest BCUT2D eigenvalue weighted by Gasteiger charge is -2.25. The molecule has 2 aliphatic rings. The van der Waals surface area contributed by atoms with Gasteiger partial charge < -0.3 is 18.9 Å². The first kappa shape index (κ1) is 16.2. The highest BCUT2D eigenvalue weighted by atomic mass is 28.3. The van der Waals surface area contributed by atoms with E-state index in [4.69, 9.17) is 18.9 Å². The fourth-order valence-corrected chi connectivity index (χ4v) is 3.65. The molecule has 2 rings (SSSR count). The summed E-state index contributed by atoms with van der Waals surface area (Å²) in [6.07, 6.45) is 1.45. The second-order valence-corrected chi connectivity index (χ2v) is 12.4. The molecule has 5 heteroatoms. The van der Waals surface area contributed by atoms with E-state index in [-0.39, 0.29) is 24.6 Å². The number of allylic oxidation sites excluding steroid dienone is 1. The molecule has 0 saturated carbocycles. The van der Waals surface area contributed by atoms with Gasteiger partial charge in [0.2, 0.25) is 0 Å². The minimum atomic E-state index is -1.27. The Labute approximate surface area is 123 Å². The first-order valence-electron chi connectivity index (χ1n) is 7.36. The smallest absolute Gasteiger partial charge is 0.186 e. The van der Waals surface area contributed by atoms with Gasteiger partial charge in [0.15, 0.2) is 12.1 Å². The zero-order valence-electron chi connectivity index (χ0n) is 13.6. The summed E-state index contributed by atoms with van der Waals surface area (Å²) < 4.78 is 23.2. The molecule has 0 radical (unpaired) electrons. The number of ether oxygens (including phenoxy) is 4. The summed E-state index contributed by atoms with van der Waals surface area (Å²) in [5.41, 5.74) is 0. The van der Waals surface area contributed by atoms with E-state index < -0.39 is 13.9 Å². The fraction of sp³-hybridized carbons (Fsp3) is 0.867. The van der Waals surface area contributed by atoms with E-state index >= 15 is 0 Å². The Hall–Kier alpha value is -0.203. The Balaban J connectivity index is 1.97. The molecule has 0 spiro atoms. The van der Waals surface area contributed by atoms with E-state index in [1.165, 1.54) is 5.20 Å². The van der Waals surface area contributed by atoms with Crippen LogP contribution < -0.4 is 0 Å². The van der Waals surface area contributed by atoms with Crippen LogP contribution in [0.15, 0.2) is 11.8 Å². The molecule has 4 nitrogen and oxygen atoms in total. The van der Waals surface area contributed by atoms with Crippen molar-refractivity contribution < 1.29 is 18.9 Å². The molecule has 4 atom stereocenters. The van der Waals surface area contributed by atoms with Crippen molar-refractivity contribution in [1.29, 1.82) is 0 Å². The predicted molar refractivity (Wildman–Crippen MR) is 81.2 cm³/mol. The highest BCUT2D eigenvalue weighted by molar-refractivity contribution is 6.82. The van der Waals surface area contributed by atoms with Crippen molar-refractivity contribution in [2.75, 3.05) is 7.11 Å². The van der Waals surface area contributed by atoms with Crippen molar-refractivity contribution in [2.45, 2.75) is 76.7 Å². The third-order valence-corrected chi connectivity index (χ3v) is 6.50. The number of fused-ring (bicyclic) bond motifs is 1. The molecule has 0 aromatic rings. The van der Waals surface area contributed by atoms with E-state index in [1.807, 2.05) is 13.8 Å². The molecule has 0 aliphatic carbocycles. The maximum absolute atomic E-state index is 5.99. The fourth-order valence-electron chi connectivity index (χ4n) is 2.76. The Kier molecular flexibility index (Phi) is 4.48. The van der Waals surface area contributed by atoms with E-state index in [0.717, 1.165) is 12.8 Å². The summed E-state index contributed by atoms with van der Waals surface area (Å²) in [5, 5.41) is 1.37. The molecule has 0 N–H and O–H groups in total. The Morgan fingerprint density at radius 3 is 2.35 bits per heavy atom. The number of hydrogen-bond acceptors (Lipinski definition) is 4. The summed E-state index contributed by atoms with van der Waals surface area (Å²) in [4.78, 5) is 0. The first-order valence-corrected chi connectivity index (χ1v) is 10.9. The number of rotatable bonds is 5. The third kappa shape index (κ3) is 3.34. The summed E-state index contributed by atoms with van der Waals surface area (Å²) in [5.74, 6) is -0.552. The minimum absolute atomic E-state index is 0.0276. The average Bonchev–Trinajstić information content (AvgIpc) is 2.78. The lowest BCUT2D eigenvalue weighted by atomic mass is 10.1. The quantitative estimate of drug-likeness (QED) is 0.731. The van der Waals surface area contributed by atoms with Gasteiger partial charge in [-0.2, -0.15) is 0 Å². The molecule has 2 fully saturated rings. The number of hydrogen-bond donors (Lipinski definition) is 0. The summed E-state index contributed by atoms with van der Waals surface area (Å²) in [7, 11) is 0.379. The van der Waals surface area contributed by atoms with Gasteiger partial charge in [0.25, 0.3) is 0 Å². The summed E-state index contributed by atoms with van der Waals surface area (Å²) >= 11 is 0. The van der Waals surface area contributed by atoms with E-state index in [0.29, 0.717) is 0 Å². The van der Waals surface area contributed by atoms with Crippen LogP contribution in [0.2, 0.25) is 19.6 Å². The normalized spacial score (nSPS) is 36.1. The maximum atomic E-state index is 5.99. The standard InChI is InChI=1S/C15H28O4Si/c1-10(20(5,6)7)8-9-11-12-13(14(16-4)17-11)19-15(2,3)18-12/h11-14H,1,8-9H2,2-7H3. The molecule has 2 saturated heterocycles. The Morgan fingerprint density at radius 2 is 1.80 bits per heavy atom. The topological polar surface area (TPSA) is 36.9 Å². The van der Waals surface area contributed by atoms with Crippen LogP contribution in [0.25, 0.3) is 0 Å². The van der Waals surface area contributed by atoms with E-state index in [2.05, 4.69) is 26.2 Å². The minimum Gasteiger partial charge on any atom is -0.353 e. The van der Waals surface area contributed by atoms with Crippen molar-refractivity contribution in [3.8, 4) is 0 Å². The van der Waals surface area contributed by atoms with Gasteiger partial charge in [0, 0.05) is 7.11 Å². The van der Waals surface area contributed by atoms with Crippen LogP contribution in [0.4, 0.5) is 0 Å². The van der Waals surface area contributed by atoms with Crippen LogP contribution in [0.1, 0.15) is 26.7 Å². The summed E-state index contributed by atoms with van der Waals surface area (Å²) in [6.45, 7) is 15.1. The van der Waals surface area contributed by atoms with Gasteiger partial charge >= 0.3 is 0 Å². The van der Waals surface area contributed by atoms with Crippen molar-refractivity contribution in [3.05, 3.63) is 11.8 Å². The van der Waals surface area contributed by atoms with Gasteiger partial charge in [-0.1, -0.05) is 24.8 Å². The van der Waals surface area contributed by atoms with Gasteiger partial charge in [0.05, 0.1) is 14.2 Å². The van der Waals surface area contributed by atoms with Crippen LogP contribution >= 0.6 is 0 Å². The second kappa shape index (κ2) is 5.53. The molecule has 0 aromatic carbocycles. The van der Waals surface area contributed by atoms with Crippen molar-refractivity contribution in [2.24, 2.45) is 0 Å². The van der Waals surface area contributed by atoms with E-state index in [1.54, 1.807) is 7.11 Å². The molecule has 4 unspecified atom stereocenters. The molecule has 2 aliphatic heterocycles. The number of methoxy groups -OCH3 is 1. The molecule has 0 amide bonds. The monoisotopic (exact) mass is 300 g/mol. The first-order chi connectivity index (χ1) is 9.14. The largest absolute Gasteiger partial charge is 0.353 e. The van der Waals surface area contributed by atoms with Crippen LogP contribution in [0.5, 0.6) is 0 Å². The zero-order valence-corrected chi connectivity index (χ0v) is 14.6. The van der Waals surface area contributed by atoms with Gasteiger partial charge in [-0.25, -0.2) is 0 Å². The summed E-state index contributed by atoms with van der Waals surface area (Å²) in [6, 6.07) is 0. The van der Waals surface area contributed by atoms with Crippen molar-refractivity contribution in [1.82, 2.24) is 0 Å². The van der Waals surface area contributed by atoms with Crippen molar-refractivity contribution in [3.63, 3.8) is 0 Å². The van der Waals surface area contributed by atoms with Crippen LogP contribution in [0.3, 0.4) is 0 Å². The molecular weight excluding hydrogens is 272 g/mol. The lowest BCUT2D eigenvalue weighted by Crippen LogP contribution is -2.31. The molecule has 0 bridgehead atoms. The van der Waals surface area contributed by atoms with Gasteiger partial charge in [-0.05, 0) is 26.7 Å². The van der Waals surface area contributed by atoms with Gasteiger partial charge in [-0.15, -0.1) is 6.58 Å². The van der Waals surface area contributed by atoms with Crippen LogP contribution in [0, 0.1) is 0 Å². The zero-order chi connectivity index (χ0) is 15.1. The SMILES string of the molecule is C=C(CCC1OC(OC)C2OC(C)(C)OC12)[Si](C)(C)C. The lowest BCUT2D eigenvalue weighted by molar-refractivity contribution is -0.227. The highest BCUT2D eigenvalue weighted by Crippen LogP contribution is 2.40. The third-order valence-electron chi connectivity index (χ3n) is 4.13. The molecular formula is C15H28O4Si. The molecule has 2 heterocycles. The predicted octanol–water partition coefficient (Wildman–Crippen LogP) is 3.09. The Morgan fingerprint density at radius 1 is 1.20 bits per heavy atom. The molecule has 20 heavy (non-hydrogen) atoms. The van der Waals surface area contributed by atoms with E-state index in [9.17, 15) is 0 Å². The maximum Gasteiger partial charge on any atom is 0.186 e. The molecule has 0 aromatic heterocycles. The molecule has 116 valence electrons. The van der Waals surface area contributed by atoms with Gasteiger partial charge in [-0.3, -0.25) is 0 Å². The van der Waals surface area contributed by atoms with Crippen molar-refractivity contribution >= 4 is 8.07 Å². The Bertz CT molecular complexity index is 375. The average molecular weight is 300 g/mol.